The molecule has 1 aliphatic rings. The van der Waals surface area contributed by atoms with Crippen LogP contribution in [0, 0.1) is 18.6 Å². The smallest absolute Gasteiger partial charge is 0.254 e. The van der Waals surface area contributed by atoms with E-state index in [1.54, 1.807) is 47.9 Å². The molecule has 31 heavy (non-hydrogen) atoms. The second-order valence-electron chi connectivity index (χ2n) is 7.68. The van der Waals surface area contributed by atoms with E-state index in [9.17, 15) is 18.4 Å². The van der Waals surface area contributed by atoms with Crippen LogP contribution >= 0.6 is 0 Å². The van der Waals surface area contributed by atoms with Gasteiger partial charge in [0.05, 0.1) is 24.8 Å². The number of hydrogen-bond donors (Lipinski definition) is 1. The van der Waals surface area contributed by atoms with E-state index in [1.807, 2.05) is 6.92 Å². The number of rotatable bonds is 4. The SMILES string of the molecule is CNC(=O)c1ccc(C(=O)N2Cc3nn(Cc4ccc(F)cc4F)cc3C2C)c(C)c1. The van der Waals surface area contributed by atoms with Crippen molar-refractivity contribution >= 4 is 11.8 Å². The number of fused-ring (bicyclic) bond motifs is 1. The highest BCUT2D eigenvalue weighted by Crippen LogP contribution is 2.34. The lowest BCUT2D eigenvalue weighted by Crippen LogP contribution is -2.29. The fraction of sp³-hybridized carbons (Fsp3) is 0.261. The number of aryl methyl sites for hydroxylation is 1. The Balaban J connectivity index is 1.52. The molecule has 4 rings (SSSR count). The van der Waals surface area contributed by atoms with Crippen LogP contribution in [0.3, 0.4) is 0 Å². The van der Waals surface area contributed by atoms with Crippen molar-refractivity contribution in [2.75, 3.05) is 7.05 Å². The van der Waals surface area contributed by atoms with Crippen molar-refractivity contribution in [1.82, 2.24) is 20.0 Å². The van der Waals surface area contributed by atoms with Gasteiger partial charge in [0.1, 0.15) is 11.6 Å². The predicted molar refractivity (Wildman–Crippen MR) is 111 cm³/mol. The van der Waals surface area contributed by atoms with E-state index in [1.165, 1.54) is 12.1 Å². The molecule has 0 bridgehead atoms. The molecule has 3 aromatic rings. The van der Waals surface area contributed by atoms with E-state index >= 15 is 0 Å². The first-order valence-electron chi connectivity index (χ1n) is 9.92. The molecule has 160 valence electrons. The van der Waals surface area contributed by atoms with Crippen LogP contribution in [0.4, 0.5) is 8.78 Å². The normalized spacial score (nSPS) is 15.1. The number of aromatic nitrogens is 2. The molecule has 2 heterocycles. The maximum Gasteiger partial charge on any atom is 0.254 e. The van der Waals surface area contributed by atoms with E-state index < -0.39 is 11.6 Å². The van der Waals surface area contributed by atoms with Gasteiger partial charge in [-0.25, -0.2) is 8.78 Å². The molecule has 2 aromatic carbocycles. The third-order valence-electron chi connectivity index (χ3n) is 5.66. The first-order valence-corrected chi connectivity index (χ1v) is 9.92. The molecule has 0 spiro atoms. The molecule has 1 aliphatic heterocycles. The van der Waals surface area contributed by atoms with Crippen molar-refractivity contribution in [3.63, 3.8) is 0 Å². The van der Waals surface area contributed by atoms with Gasteiger partial charge in [-0.1, -0.05) is 6.07 Å². The van der Waals surface area contributed by atoms with E-state index in [2.05, 4.69) is 10.4 Å². The molecule has 0 saturated carbocycles. The summed E-state index contributed by atoms with van der Waals surface area (Å²) in [6.45, 7) is 4.24. The number of carbonyl (C=O) groups is 2. The summed E-state index contributed by atoms with van der Waals surface area (Å²) in [5, 5.41) is 7.08. The number of nitrogens with one attached hydrogen (secondary N) is 1. The monoisotopic (exact) mass is 424 g/mol. The molecule has 0 aliphatic carbocycles. The summed E-state index contributed by atoms with van der Waals surface area (Å²) in [6.07, 6.45) is 1.80. The van der Waals surface area contributed by atoms with E-state index in [4.69, 9.17) is 0 Å². The molecule has 0 radical (unpaired) electrons. The topological polar surface area (TPSA) is 67.2 Å². The van der Waals surface area contributed by atoms with Crippen LogP contribution < -0.4 is 5.32 Å². The maximum atomic E-state index is 14.0. The maximum absolute atomic E-state index is 14.0. The molecule has 6 nitrogen and oxygen atoms in total. The van der Waals surface area contributed by atoms with Crippen LogP contribution in [-0.2, 0) is 13.1 Å². The van der Waals surface area contributed by atoms with E-state index in [0.29, 0.717) is 23.2 Å². The number of benzene rings is 2. The van der Waals surface area contributed by atoms with Gasteiger partial charge >= 0.3 is 0 Å². The fourth-order valence-electron chi connectivity index (χ4n) is 3.91. The number of halogens is 2. The highest BCUT2D eigenvalue weighted by molar-refractivity contribution is 5.99. The zero-order valence-corrected chi connectivity index (χ0v) is 17.4. The van der Waals surface area contributed by atoms with Gasteiger partial charge in [-0.2, -0.15) is 5.10 Å². The van der Waals surface area contributed by atoms with Crippen molar-refractivity contribution < 1.29 is 18.4 Å². The van der Waals surface area contributed by atoms with Crippen LogP contribution in [0.1, 0.15) is 56.1 Å². The Morgan fingerprint density at radius 2 is 1.97 bits per heavy atom. The van der Waals surface area contributed by atoms with Crippen LogP contribution in [0.25, 0.3) is 0 Å². The third-order valence-corrected chi connectivity index (χ3v) is 5.66. The van der Waals surface area contributed by atoms with Crippen LogP contribution in [-0.4, -0.2) is 33.5 Å². The zero-order chi connectivity index (χ0) is 22.3. The molecule has 0 saturated heterocycles. The number of hydrogen-bond acceptors (Lipinski definition) is 3. The summed E-state index contributed by atoms with van der Waals surface area (Å²) in [7, 11) is 1.56. The molecule has 1 unspecified atom stereocenters. The van der Waals surface area contributed by atoms with Gasteiger partial charge in [-0.15, -0.1) is 0 Å². The molecular weight excluding hydrogens is 402 g/mol. The minimum atomic E-state index is -0.620. The minimum absolute atomic E-state index is 0.136. The highest BCUT2D eigenvalue weighted by Gasteiger charge is 2.34. The Hall–Kier alpha value is -3.55. The van der Waals surface area contributed by atoms with E-state index in [0.717, 1.165) is 22.9 Å². The van der Waals surface area contributed by atoms with Gasteiger partial charge in [0.15, 0.2) is 0 Å². The van der Waals surface area contributed by atoms with E-state index in [-0.39, 0.29) is 24.4 Å². The molecule has 0 fully saturated rings. The second kappa shape index (κ2) is 7.94. The standard InChI is InChI=1S/C23H22F2N4O2/c1-13-8-15(22(30)26-3)5-7-18(13)23(31)29-12-21-19(14(29)2)11-28(27-21)10-16-4-6-17(24)9-20(16)25/h4-9,11,14H,10,12H2,1-3H3,(H,26,30). The Morgan fingerprint density at radius 1 is 1.19 bits per heavy atom. The van der Waals surface area contributed by atoms with Gasteiger partial charge in [-0.05, 0) is 43.7 Å². The lowest BCUT2D eigenvalue weighted by Gasteiger charge is -2.23. The number of carbonyl (C=O) groups excluding carboxylic acids is 2. The van der Waals surface area contributed by atoms with Crippen molar-refractivity contribution in [2.45, 2.75) is 33.0 Å². The Kier molecular flexibility index (Phi) is 5.31. The number of amides is 2. The highest BCUT2D eigenvalue weighted by atomic mass is 19.1. The quantitative estimate of drug-likeness (QED) is 0.696. The molecule has 1 N–H and O–H groups in total. The zero-order valence-electron chi connectivity index (χ0n) is 17.4. The van der Waals surface area contributed by atoms with Gasteiger partial charge in [-0.3, -0.25) is 14.3 Å². The van der Waals surface area contributed by atoms with Gasteiger partial charge in [0.25, 0.3) is 11.8 Å². The van der Waals surface area contributed by atoms with Gasteiger partial charge < -0.3 is 10.2 Å². The first-order chi connectivity index (χ1) is 14.8. The number of nitrogens with zero attached hydrogens (tertiary/aromatic N) is 3. The Bertz CT molecular complexity index is 1190. The summed E-state index contributed by atoms with van der Waals surface area (Å²) in [5.41, 5.74) is 3.75. The van der Waals surface area contributed by atoms with Gasteiger partial charge in [0, 0.05) is 41.6 Å². The summed E-state index contributed by atoms with van der Waals surface area (Å²) >= 11 is 0. The largest absolute Gasteiger partial charge is 0.355 e. The molecule has 1 aromatic heterocycles. The van der Waals surface area contributed by atoms with Crippen molar-refractivity contribution in [2.24, 2.45) is 0 Å². The summed E-state index contributed by atoms with van der Waals surface area (Å²) in [5.74, 6) is -1.58. The lowest BCUT2D eigenvalue weighted by atomic mass is 10.0. The predicted octanol–water partition coefficient (Wildman–Crippen LogP) is 3.59. The Morgan fingerprint density at radius 3 is 2.61 bits per heavy atom. The average molecular weight is 424 g/mol. The van der Waals surface area contributed by atoms with Crippen molar-refractivity contribution in [1.29, 1.82) is 0 Å². The van der Waals surface area contributed by atoms with Crippen LogP contribution in [0.5, 0.6) is 0 Å². The minimum Gasteiger partial charge on any atom is -0.355 e. The van der Waals surface area contributed by atoms with Crippen LogP contribution in [0.15, 0.2) is 42.6 Å². The fourth-order valence-corrected chi connectivity index (χ4v) is 3.91. The molecular formula is C23H22F2N4O2. The molecule has 1 atom stereocenters. The van der Waals surface area contributed by atoms with Crippen LogP contribution in [0.2, 0.25) is 0 Å². The Labute approximate surface area is 178 Å². The molecule has 2 amide bonds. The summed E-state index contributed by atoms with van der Waals surface area (Å²) in [6, 6.07) is 8.28. The summed E-state index contributed by atoms with van der Waals surface area (Å²) in [4.78, 5) is 26.7. The lowest BCUT2D eigenvalue weighted by molar-refractivity contribution is 0.0700. The van der Waals surface area contributed by atoms with Crippen molar-refractivity contribution in [3.05, 3.63) is 87.7 Å². The average Bonchev–Trinajstić information content (AvgIpc) is 3.27. The third kappa shape index (κ3) is 3.81. The van der Waals surface area contributed by atoms with Gasteiger partial charge in [0.2, 0.25) is 0 Å². The summed E-state index contributed by atoms with van der Waals surface area (Å²) < 4.78 is 28.7. The first kappa shape index (κ1) is 20.7. The second-order valence-corrected chi connectivity index (χ2v) is 7.68. The molecule has 8 heteroatoms. The van der Waals surface area contributed by atoms with Crippen molar-refractivity contribution in [3.8, 4) is 0 Å².